The van der Waals surface area contributed by atoms with Gasteiger partial charge in [0, 0.05) is 30.7 Å². The van der Waals surface area contributed by atoms with E-state index >= 15 is 0 Å². The molecule has 6 heterocycles. The fraction of sp³-hybridized carbons (Fsp3) is 0.543. The minimum absolute atomic E-state index is 0. The zero-order valence-electron chi connectivity index (χ0n) is 29.3. The zero-order chi connectivity index (χ0) is 35.7. The molecule has 6 aliphatic rings. The molecular formula is C35H46Cl2N7O7S-. The number of fused-ring (bicyclic) bond motifs is 4. The van der Waals surface area contributed by atoms with Gasteiger partial charge < -0.3 is 64.7 Å². The SMILES string of the molecule is C[C@@H](O)[C@H]1C(=O)N2C(C(=O)[O-])=C(CN3c4cccc5c(CC[N+]67CC[N+](CC(=O)NCCCC(=N)N)(CC6)CC7)ccc(c45)S3(=O)=O)[C@H](C)[C@H]12.[Cl-].[Cl-]. The van der Waals surface area contributed by atoms with Crippen LogP contribution in [-0.4, -0.2) is 129 Å². The zero-order valence-corrected chi connectivity index (χ0v) is 31.6. The molecule has 0 aromatic heterocycles. The van der Waals surface area contributed by atoms with E-state index in [1.807, 2.05) is 18.2 Å². The Bertz CT molecular complexity index is 1930. The lowest BCUT2D eigenvalue weighted by Gasteiger charge is -2.55. The number of hydrogen-bond donors (Lipinski definition) is 4. The van der Waals surface area contributed by atoms with Crippen LogP contribution in [0.2, 0.25) is 0 Å². The average Bonchev–Trinajstić information content (AvgIpc) is 3.44. The number of amides is 2. The van der Waals surface area contributed by atoms with Gasteiger partial charge in [0.25, 0.3) is 15.9 Å². The van der Waals surface area contributed by atoms with Gasteiger partial charge in [0.1, 0.15) is 39.3 Å². The highest BCUT2D eigenvalue weighted by Crippen LogP contribution is 2.49. The topological polar surface area (TPSA) is 197 Å². The molecular weight excluding hydrogens is 733 g/mol. The fourth-order valence-electron chi connectivity index (χ4n) is 9.21. The molecule has 17 heteroatoms. The molecule has 0 spiro atoms. The highest BCUT2D eigenvalue weighted by Gasteiger charge is 2.59. The molecule has 4 saturated heterocycles. The highest BCUT2D eigenvalue weighted by atomic mass is 35.5. The number of carbonyl (C=O) groups excluding carboxylic acids is 3. The van der Waals surface area contributed by atoms with Gasteiger partial charge in [-0.2, -0.15) is 0 Å². The van der Waals surface area contributed by atoms with Gasteiger partial charge in [0.05, 0.1) is 59.2 Å². The average molecular weight is 780 g/mol. The van der Waals surface area contributed by atoms with E-state index in [1.165, 1.54) is 11.2 Å². The van der Waals surface area contributed by atoms with Gasteiger partial charge in [-0.15, -0.1) is 0 Å². The van der Waals surface area contributed by atoms with Crippen LogP contribution in [0.4, 0.5) is 5.69 Å². The Morgan fingerprint density at radius 2 is 1.75 bits per heavy atom. The number of rotatable bonds is 13. The van der Waals surface area contributed by atoms with Gasteiger partial charge in [0.2, 0.25) is 5.91 Å². The maximum Gasteiger partial charge on any atom is 0.275 e. The van der Waals surface area contributed by atoms with Crippen LogP contribution >= 0.6 is 0 Å². The van der Waals surface area contributed by atoms with Gasteiger partial charge in [-0.05, 0) is 42.0 Å². The van der Waals surface area contributed by atoms with Crippen LogP contribution in [0, 0.1) is 17.2 Å². The summed E-state index contributed by atoms with van der Waals surface area (Å²) in [7, 11) is -4.03. The minimum Gasteiger partial charge on any atom is -1.00 e. The molecule has 0 radical (unpaired) electrons. The summed E-state index contributed by atoms with van der Waals surface area (Å²) in [4.78, 5) is 39.2. The number of sulfonamides is 1. The van der Waals surface area contributed by atoms with Gasteiger partial charge >= 0.3 is 0 Å². The number of carboxylic acid groups (broad SMARTS) is 1. The molecule has 2 amide bonds. The molecule has 0 saturated carbocycles. The number of nitrogens with one attached hydrogen (secondary N) is 2. The number of aliphatic hydroxyl groups excluding tert-OH is 1. The standard InChI is InChI=1S/C35H45N7O7S.2ClH/c1-21-25(33(35(46)47)40-32(21)30(22(2)43)34(40)45)19-39-26-6-3-5-24-23(8-9-27(31(24)26)50(39,48)49)10-12-41-13-16-42(17-14-41,18-15-41)20-29(44)38-11-4-7-28(36)37;;/h3,5-6,8-9,21-22,30,32,43H,4,7,10-20H2,1-2H3,(H3-2,36,37,38,44,46,47);2*1H/p-1/t21-,22+,30+,32+,41?,42?;;/m0../s1. The lowest BCUT2D eigenvalue weighted by atomic mass is 9.78. The monoisotopic (exact) mass is 778 g/mol. The number of nitrogens with two attached hydrogens (primary N) is 1. The number of quaternary nitrogens is 2. The van der Waals surface area contributed by atoms with E-state index in [9.17, 15) is 33.0 Å². The Kier molecular flexibility index (Phi) is 11.0. The number of carbonyl (C=O) groups is 3. The number of β-lactam (4-membered cyclic amide) rings is 1. The molecule has 4 atom stereocenters. The number of nitrogens with zero attached hydrogens (tertiary/aromatic N) is 4. The second-order valence-electron chi connectivity index (χ2n) is 15.0. The molecule has 52 heavy (non-hydrogen) atoms. The van der Waals surface area contributed by atoms with Gasteiger partial charge in [0.15, 0.2) is 6.54 Å². The van der Waals surface area contributed by atoms with E-state index in [0.717, 1.165) is 77.0 Å². The maximum atomic E-state index is 14.1. The van der Waals surface area contributed by atoms with Gasteiger partial charge in [-0.3, -0.25) is 19.3 Å². The number of amidine groups is 1. The number of aliphatic carboxylic acids is 1. The van der Waals surface area contributed by atoms with Crippen molar-refractivity contribution in [3.63, 3.8) is 0 Å². The van der Waals surface area contributed by atoms with Crippen molar-refractivity contribution in [2.24, 2.45) is 17.6 Å². The van der Waals surface area contributed by atoms with Gasteiger partial charge in [-0.25, -0.2) is 8.42 Å². The Morgan fingerprint density at radius 1 is 1.10 bits per heavy atom. The lowest BCUT2D eigenvalue weighted by Crippen LogP contribution is -3.00. The number of aliphatic hydroxyl groups is 1. The van der Waals surface area contributed by atoms with E-state index in [4.69, 9.17) is 11.1 Å². The summed E-state index contributed by atoms with van der Waals surface area (Å²) in [6.45, 7) is 10.7. The van der Waals surface area contributed by atoms with Crippen molar-refractivity contribution >= 4 is 50.1 Å². The molecule has 5 N–H and O–H groups in total. The Labute approximate surface area is 316 Å². The van der Waals surface area contributed by atoms with Gasteiger partial charge in [-0.1, -0.05) is 25.1 Å². The third-order valence-electron chi connectivity index (χ3n) is 12.2. The molecule has 0 aliphatic carbocycles. The number of benzene rings is 2. The summed E-state index contributed by atoms with van der Waals surface area (Å²) in [5.41, 5.74) is 6.94. The van der Waals surface area contributed by atoms with Crippen LogP contribution < -0.4 is 45.3 Å². The molecule has 0 unspecified atom stereocenters. The van der Waals surface area contributed by atoms with Crippen LogP contribution in [0.15, 0.2) is 46.5 Å². The summed E-state index contributed by atoms with van der Waals surface area (Å²) in [6, 6.07) is 8.51. The third-order valence-corrected chi connectivity index (χ3v) is 14.0. The number of halogens is 2. The summed E-state index contributed by atoms with van der Waals surface area (Å²) >= 11 is 0. The summed E-state index contributed by atoms with van der Waals surface area (Å²) in [6.07, 6.45) is 0.928. The largest absolute Gasteiger partial charge is 1.00 e. The third kappa shape index (κ3) is 6.42. The summed E-state index contributed by atoms with van der Waals surface area (Å²) in [5.74, 6) is -3.10. The molecule has 284 valence electrons. The molecule has 2 bridgehead atoms. The second-order valence-corrected chi connectivity index (χ2v) is 16.8. The maximum absolute atomic E-state index is 14.1. The van der Waals surface area contributed by atoms with Crippen LogP contribution in [-0.2, 0) is 30.8 Å². The van der Waals surface area contributed by atoms with E-state index in [2.05, 4.69) is 5.32 Å². The first-order valence-corrected chi connectivity index (χ1v) is 19.0. The Morgan fingerprint density at radius 3 is 2.37 bits per heavy atom. The van der Waals surface area contributed by atoms with Crippen molar-refractivity contribution in [1.29, 1.82) is 5.41 Å². The van der Waals surface area contributed by atoms with Crippen LogP contribution in [0.3, 0.4) is 0 Å². The normalized spacial score (nSPS) is 28.5. The van der Waals surface area contributed by atoms with Crippen molar-refractivity contribution in [2.45, 2.75) is 50.2 Å². The quantitative estimate of drug-likeness (QED) is 0.0506. The molecule has 4 fully saturated rings. The van der Waals surface area contributed by atoms with Crippen molar-refractivity contribution in [3.8, 4) is 0 Å². The molecule has 6 aliphatic heterocycles. The van der Waals surface area contributed by atoms with E-state index < -0.39 is 45.9 Å². The predicted molar refractivity (Wildman–Crippen MR) is 183 cm³/mol. The molecule has 2 aromatic carbocycles. The first-order valence-electron chi connectivity index (χ1n) is 17.5. The van der Waals surface area contributed by atoms with Crippen molar-refractivity contribution in [3.05, 3.63) is 47.2 Å². The van der Waals surface area contributed by atoms with E-state index in [-0.39, 0.29) is 53.7 Å². The minimum atomic E-state index is -4.03. The van der Waals surface area contributed by atoms with E-state index in [1.54, 1.807) is 19.1 Å². The van der Waals surface area contributed by atoms with E-state index in [0.29, 0.717) is 42.6 Å². The van der Waals surface area contributed by atoms with Crippen molar-refractivity contribution < 1.29 is 66.8 Å². The first-order chi connectivity index (χ1) is 23.7. The summed E-state index contributed by atoms with van der Waals surface area (Å²) in [5, 5.41) is 34.3. The van der Waals surface area contributed by atoms with Crippen LogP contribution in [0.5, 0.6) is 0 Å². The number of piperazine rings is 3. The fourth-order valence-corrected chi connectivity index (χ4v) is 10.9. The highest BCUT2D eigenvalue weighted by molar-refractivity contribution is 7.93. The molecule has 14 nitrogen and oxygen atoms in total. The summed E-state index contributed by atoms with van der Waals surface area (Å²) < 4.78 is 31.1. The molecule has 8 rings (SSSR count). The smallest absolute Gasteiger partial charge is 0.275 e. The number of anilines is 1. The number of carboxylic acids is 1. The lowest BCUT2D eigenvalue weighted by molar-refractivity contribution is -1.08. The second kappa shape index (κ2) is 14.4. The Hall–Kier alpha value is -3.47. The van der Waals surface area contributed by atoms with Crippen molar-refractivity contribution in [2.75, 3.05) is 69.8 Å². The Balaban J connectivity index is 0.00000261. The predicted octanol–water partition coefficient (Wildman–Crippen LogP) is -6.75. The number of hydrogen-bond acceptors (Lipinski definition) is 8. The van der Waals surface area contributed by atoms with Crippen LogP contribution in [0.25, 0.3) is 10.8 Å². The van der Waals surface area contributed by atoms with Crippen molar-refractivity contribution in [1.82, 2.24) is 10.2 Å². The molecule has 2 aromatic rings. The first kappa shape index (κ1) is 39.7. The van der Waals surface area contributed by atoms with Crippen LogP contribution in [0.1, 0.15) is 32.3 Å².